The molecule has 32 heavy (non-hydrogen) atoms. The maximum atomic E-state index is 13.5. The molecule has 3 aromatic rings. The summed E-state index contributed by atoms with van der Waals surface area (Å²) in [6.07, 6.45) is 0.0468. The van der Waals surface area contributed by atoms with E-state index in [0.717, 1.165) is 16.8 Å². The van der Waals surface area contributed by atoms with Gasteiger partial charge in [-0.25, -0.2) is 4.90 Å². The predicted molar refractivity (Wildman–Crippen MR) is 128 cm³/mol. The lowest BCUT2D eigenvalue weighted by molar-refractivity contribution is -0.120. The minimum atomic E-state index is -0.378. The molecule has 1 aliphatic rings. The Morgan fingerprint density at radius 2 is 1.31 bits per heavy atom. The minimum Gasteiger partial charge on any atom is -0.491 e. The van der Waals surface area contributed by atoms with Gasteiger partial charge in [-0.05, 0) is 69.7 Å². The molecule has 0 atom stereocenters. The summed E-state index contributed by atoms with van der Waals surface area (Å²) in [5.74, 6) is -0.0208. The lowest BCUT2D eigenvalue weighted by Crippen LogP contribution is -2.32. The van der Waals surface area contributed by atoms with Gasteiger partial charge in [0.05, 0.1) is 17.4 Å². The summed E-state index contributed by atoms with van der Waals surface area (Å²) >= 11 is 0. The van der Waals surface area contributed by atoms with Crippen LogP contribution in [0.4, 0.5) is 11.4 Å². The molecule has 3 aromatic carbocycles. The van der Waals surface area contributed by atoms with Crippen LogP contribution in [-0.4, -0.2) is 17.9 Å². The number of rotatable bonds is 6. The lowest BCUT2D eigenvalue weighted by atomic mass is 10.0. The Morgan fingerprint density at radius 3 is 1.88 bits per heavy atom. The van der Waals surface area contributed by atoms with Crippen molar-refractivity contribution < 1.29 is 14.3 Å². The molecule has 0 aromatic heterocycles. The molecule has 1 heterocycles. The first-order valence-electron chi connectivity index (χ1n) is 10.6. The molecule has 0 saturated heterocycles. The molecule has 4 rings (SSSR count). The molecule has 0 unspecified atom stereocenters. The molecular weight excluding hydrogens is 400 g/mol. The Kier molecular flexibility index (Phi) is 5.82. The van der Waals surface area contributed by atoms with E-state index in [-0.39, 0.29) is 23.6 Å². The Labute approximate surface area is 188 Å². The highest BCUT2D eigenvalue weighted by Gasteiger charge is 2.40. The smallest absolute Gasteiger partial charge is 0.282 e. The number of hydrogen-bond acceptors (Lipinski definition) is 4. The minimum absolute atomic E-state index is 0.0468. The van der Waals surface area contributed by atoms with Gasteiger partial charge < -0.3 is 10.1 Å². The third kappa shape index (κ3) is 4.28. The van der Waals surface area contributed by atoms with Crippen LogP contribution in [0.1, 0.15) is 30.5 Å². The fourth-order valence-electron chi connectivity index (χ4n) is 3.60. The number of aryl methyl sites for hydroxylation is 2. The van der Waals surface area contributed by atoms with E-state index in [4.69, 9.17) is 4.74 Å². The number of amides is 2. The number of hydrogen-bond donors (Lipinski definition) is 1. The second kappa shape index (κ2) is 8.71. The average molecular weight is 427 g/mol. The fourth-order valence-corrected chi connectivity index (χ4v) is 3.60. The summed E-state index contributed by atoms with van der Waals surface area (Å²) < 4.78 is 5.72. The zero-order valence-electron chi connectivity index (χ0n) is 18.7. The van der Waals surface area contributed by atoms with E-state index in [9.17, 15) is 9.59 Å². The first-order valence-corrected chi connectivity index (χ1v) is 10.6. The Bertz CT molecular complexity index is 1180. The molecule has 2 amide bonds. The number of nitrogens with zero attached hydrogens (tertiary/aromatic N) is 1. The van der Waals surface area contributed by atoms with E-state index in [2.05, 4.69) is 5.32 Å². The van der Waals surface area contributed by atoms with E-state index >= 15 is 0 Å². The van der Waals surface area contributed by atoms with Crippen LogP contribution in [-0.2, 0) is 9.59 Å². The number of nitrogens with one attached hydrogen (secondary N) is 1. The number of ether oxygens (including phenoxy) is 1. The first kappa shape index (κ1) is 21.4. The molecule has 1 aliphatic heterocycles. The van der Waals surface area contributed by atoms with Gasteiger partial charge >= 0.3 is 0 Å². The van der Waals surface area contributed by atoms with Gasteiger partial charge in [0.15, 0.2) is 0 Å². The van der Waals surface area contributed by atoms with Crippen molar-refractivity contribution in [2.45, 2.75) is 33.8 Å². The van der Waals surface area contributed by atoms with Gasteiger partial charge in [-0.1, -0.05) is 47.5 Å². The van der Waals surface area contributed by atoms with E-state index in [0.29, 0.717) is 22.6 Å². The molecule has 5 heteroatoms. The monoisotopic (exact) mass is 426 g/mol. The van der Waals surface area contributed by atoms with Crippen LogP contribution >= 0.6 is 0 Å². The number of carbonyl (C=O) groups is 2. The third-order valence-corrected chi connectivity index (χ3v) is 5.21. The van der Waals surface area contributed by atoms with Crippen LogP contribution < -0.4 is 15.0 Å². The van der Waals surface area contributed by atoms with Crippen molar-refractivity contribution in [2.75, 3.05) is 10.2 Å². The van der Waals surface area contributed by atoms with Crippen LogP contribution in [0.5, 0.6) is 5.75 Å². The summed E-state index contributed by atoms with van der Waals surface area (Å²) in [5, 5.41) is 3.19. The van der Waals surface area contributed by atoms with Crippen LogP contribution in [0.15, 0.2) is 78.5 Å². The van der Waals surface area contributed by atoms with E-state index < -0.39 is 0 Å². The standard InChI is InChI=1S/C27H26N2O3/c1-17(2)32-23-15-9-20(10-16-23)24-25(28-21-11-5-18(3)6-12-21)27(31)29(26(24)30)22-13-7-19(4)8-14-22/h5-17,28H,1-4H3. The van der Waals surface area contributed by atoms with Crippen molar-refractivity contribution in [1.82, 2.24) is 0 Å². The fraction of sp³-hybridized carbons (Fsp3) is 0.185. The first-order chi connectivity index (χ1) is 15.3. The molecule has 162 valence electrons. The van der Waals surface area contributed by atoms with Gasteiger partial charge in [0.2, 0.25) is 0 Å². The van der Waals surface area contributed by atoms with Crippen molar-refractivity contribution in [1.29, 1.82) is 0 Å². The second-order valence-electron chi connectivity index (χ2n) is 8.21. The molecule has 1 N–H and O–H groups in total. The molecule has 0 saturated carbocycles. The van der Waals surface area contributed by atoms with E-state index in [1.54, 1.807) is 12.1 Å². The molecule has 5 nitrogen and oxygen atoms in total. The molecule has 0 bridgehead atoms. The Morgan fingerprint density at radius 1 is 0.750 bits per heavy atom. The lowest BCUT2D eigenvalue weighted by Gasteiger charge is -2.15. The van der Waals surface area contributed by atoms with Crippen molar-refractivity contribution in [2.24, 2.45) is 0 Å². The largest absolute Gasteiger partial charge is 0.491 e. The summed E-state index contributed by atoms with van der Waals surface area (Å²) in [6.45, 7) is 7.88. The highest BCUT2D eigenvalue weighted by Crippen LogP contribution is 2.34. The van der Waals surface area contributed by atoms with Crippen molar-refractivity contribution in [3.8, 4) is 5.75 Å². The molecular formula is C27H26N2O3. The zero-order valence-corrected chi connectivity index (χ0v) is 18.7. The maximum absolute atomic E-state index is 13.5. The Hall–Kier alpha value is -3.86. The summed E-state index contributed by atoms with van der Waals surface area (Å²) in [6, 6.07) is 22.3. The molecule has 0 spiro atoms. The molecule has 0 fully saturated rings. The van der Waals surface area contributed by atoms with Crippen LogP contribution in [0, 0.1) is 13.8 Å². The summed E-state index contributed by atoms with van der Waals surface area (Å²) in [7, 11) is 0. The van der Waals surface area contributed by atoms with Crippen LogP contribution in [0.2, 0.25) is 0 Å². The van der Waals surface area contributed by atoms with Crippen LogP contribution in [0.3, 0.4) is 0 Å². The van der Waals surface area contributed by atoms with Gasteiger partial charge in [-0.15, -0.1) is 0 Å². The average Bonchev–Trinajstić information content (AvgIpc) is 3.00. The topological polar surface area (TPSA) is 58.6 Å². The quantitative estimate of drug-likeness (QED) is 0.530. The van der Waals surface area contributed by atoms with E-state index in [1.807, 2.05) is 88.4 Å². The second-order valence-corrected chi connectivity index (χ2v) is 8.21. The van der Waals surface area contributed by atoms with Gasteiger partial charge in [-0.2, -0.15) is 0 Å². The number of imide groups is 1. The highest BCUT2D eigenvalue weighted by molar-refractivity contribution is 6.46. The normalized spacial score (nSPS) is 13.8. The van der Waals surface area contributed by atoms with Crippen LogP contribution in [0.25, 0.3) is 5.57 Å². The number of carbonyl (C=O) groups excluding carboxylic acids is 2. The van der Waals surface area contributed by atoms with Gasteiger partial charge in [-0.3, -0.25) is 9.59 Å². The SMILES string of the molecule is Cc1ccc(NC2=C(c3ccc(OC(C)C)cc3)C(=O)N(c3ccc(C)cc3)C2=O)cc1. The van der Waals surface area contributed by atoms with Gasteiger partial charge in [0.1, 0.15) is 11.4 Å². The van der Waals surface area contributed by atoms with Crippen molar-refractivity contribution >= 4 is 28.8 Å². The summed E-state index contributed by atoms with van der Waals surface area (Å²) in [5.41, 5.74) is 4.71. The van der Waals surface area contributed by atoms with Crippen molar-refractivity contribution in [3.63, 3.8) is 0 Å². The molecule has 0 aliphatic carbocycles. The maximum Gasteiger partial charge on any atom is 0.282 e. The van der Waals surface area contributed by atoms with E-state index in [1.165, 1.54) is 4.90 Å². The number of anilines is 2. The van der Waals surface area contributed by atoms with Gasteiger partial charge in [0, 0.05) is 5.69 Å². The highest BCUT2D eigenvalue weighted by atomic mass is 16.5. The molecule has 0 radical (unpaired) electrons. The predicted octanol–water partition coefficient (Wildman–Crippen LogP) is 5.49. The van der Waals surface area contributed by atoms with Crippen molar-refractivity contribution in [3.05, 3.63) is 95.2 Å². The Balaban J connectivity index is 1.76. The summed E-state index contributed by atoms with van der Waals surface area (Å²) in [4.78, 5) is 28.1. The number of benzene rings is 3. The third-order valence-electron chi connectivity index (χ3n) is 5.21. The zero-order chi connectivity index (χ0) is 22.8. The van der Waals surface area contributed by atoms with Gasteiger partial charge in [0.25, 0.3) is 11.8 Å².